The maximum absolute atomic E-state index is 13.2. The zero-order valence-electron chi connectivity index (χ0n) is 16.2. The normalized spacial score (nSPS) is 19.4. The van der Waals surface area contributed by atoms with Crippen molar-refractivity contribution in [3.8, 4) is 5.75 Å². The molecule has 0 unspecified atom stereocenters. The standard InChI is InChI=1S/C20H27ClN2O3S/c1-19(2,14-21)18(25)22-9-7-20(8-10-22)23(11-12-27-20)17(24)15-5-4-6-16(13-15)26-3/h4-6,13H,7-12,14H2,1-3H3. The van der Waals surface area contributed by atoms with Gasteiger partial charge in [-0.1, -0.05) is 6.07 Å². The lowest BCUT2D eigenvalue weighted by Gasteiger charge is -2.45. The molecule has 148 valence electrons. The molecule has 5 nitrogen and oxygen atoms in total. The van der Waals surface area contributed by atoms with E-state index in [-0.39, 0.29) is 16.7 Å². The van der Waals surface area contributed by atoms with Crippen molar-refractivity contribution in [2.24, 2.45) is 5.41 Å². The fraction of sp³-hybridized carbons (Fsp3) is 0.600. The average Bonchev–Trinajstić information content (AvgIpc) is 3.10. The molecular weight excluding hydrogens is 384 g/mol. The van der Waals surface area contributed by atoms with Crippen LogP contribution >= 0.6 is 23.4 Å². The van der Waals surface area contributed by atoms with Gasteiger partial charge in [-0.3, -0.25) is 9.59 Å². The number of carbonyl (C=O) groups is 2. The SMILES string of the molecule is COc1cccc(C(=O)N2CCSC23CCN(C(=O)C(C)(C)CCl)CC3)c1. The number of hydrogen-bond donors (Lipinski definition) is 0. The lowest BCUT2D eigenvalue weighted by atomic mass is 9.92. The Bertz CT molecular complexity index is 717. The Morgan fingerprint density at radius 3 is 2.59 bits per heavy atom. The molecule has 2 heterocycles. The van der Waals surface area contributed by atoms with Crippen LogP contribution in [0.4, 0.5) is 0 Å². The number of ether oxygens (including phenoxy) is 1. The third kappa shape index (κ3) is 3.92. The molecule has 1 aromatic rings. The smallest absolute Gasteiger partial charge is 0.255 e. The number of methoxy groups -OCH3 is 1. The first-order valence-corrected chi connectivity index (χ1v) is 10.8. The minimum Gasteiger partial charge on any atom is -0.497 e. The molecule has 0 aliphatic carbocycles. The number of thioether (sulfide) groups is 1. The quantitative estimate of drug-likeness (QED) is 0.713. The predicted molar refractivity (Wildman–Crippen MR) is 110 cm³/mol. The Kier molecular flexibility index (Phi) is 5.96. The van der Waals surface area contributed by atoms with E-state index in [9.17, 15) is 9.59 Å². The van der Waals surface area contributed by atoms with E-state index in [0.29, 0.717) is 30.3 Å². The van der Waals surface area contributed by atoms with Gasteiger partial charge in [0, 0.05) is 36.8 Å². The molecule has 1 aromatic carbocycles. The maximum atomic E-state index is 13.2. The number of likely N-dealkylation sites (tertiary alicyclic amines) is 1. The average molecular weight is 411 g/mol. The summed E-state index contributed by atoms with van der Waals surface area (Å²) in [4.78, 5) is 29.6. The van der Waals surface area contributed by atoms with Crippen LogP contribution in [0.3, 0.4) is 0 Å². The van der Waals surface area contributed by atoms with Gasteiger partial charge in [-0.15, -0.1) is 23.4 Å². The van der Waals surface area contributed by atoms with E-state index in [4.69, 9.17) is 16.3 Å². The Hall–Kier alpha value is -1.40. The highest BCUT2D eigenvalue weighted by molar-refractivity contribution is 8.00. The summed E-state index contributed by atoms with van der Waals surface area (Å²) < 4.78 is 5.26. The fourth-order valence-electron chi connectivity index (χ4n) is 3.77. The Balaban J connectivity index is 1.73. The van der Waals surface area contributed by atoms with Crippen LogP contribution in [0.15, 0.2) is 24.3 Å². The molecule has 0 aromatic heterocycles. The Morgan fingerprint density at radius 1 is 1.26 bits per heavy atom. The maximum Gasteiger partial charge on any atom is 0.255 e. The van der Waals surface area contributed by atoms with Crippen molar-refractivity contribution >= 4 is 35.2 Å². The summed E-state index contributed by atoms with van der Waals surface area (Å²) in [6.07, 6.45) is 1.58. The van der Waals surface area contributed by atoms with Crippen LogP contribution in [0.25, 0.3) is 0 Å². The number of rotatable bonds is 4. The van der Waals surface area contributed by atoms with Crippen LogP contribution in [-0.4, -0.2) is 64.9 Å². The first-order chi connectivity index (χ1) is 12.8. The van der Waals surface area contributed by atoms with E-state index in [0.717, 1.165) is 25.1 Å². The third-order valence-electron chi connectivity index (χ3n) is 5.48. The van der Waals surface area contributed by atoms with Gasteiger partial charge in [0.1, 0.15) is 5.75 Å². The van der Waals surface area contributed by atoms with Crippen LogP contribution in [0.1, 0.15) is 37.0 Å². The van der Waals surface area contributed by atoms with Gasteiger partial charge in [0.15, 0.2) is 0 Å². The molecule has 2 fully saturated rings. The number of carbonyl (C=O) groups excluding carboxylic acids is 2. The second kappa shape index (κ2) is 7.92. The van der Waals surface area contributed by atoms with Gasteiger partial charge in [0.05, 0.1) is 17.4 Å². The molecule has 0 atom stereocenters. The van der Waals surface area contributed by atoms with Crippen molar-refractivity contribution in [3.63, 3.8) is 0 Å². The highest BCUT2D eigenvalue weighted by atomic mass is 35.5. The number of benzene rings is 1. The summed E-state index contributed by atoms with van der Waals surface area (Å²) in [5.41, 5.74) is 0.100. The number of piperidine rings is 1. The van der Waals surface area contributed by atoms with Gasteiger partial charge in [-0.25, -0.2) is 0 Å². The molecule has 2 aliphatic heterocycles. The number of amides is 2. The number of hydrogen-bond acceptors (Lipinski definition) is 4. The van der Waals surface area contributed by atoms with Crippen LogP contribution in [0.5, 0.6) is 5.75 Å². The minimum atomic E-state index is -0.551. The minimum absolute atomic E-state index is 0.0414. The fourth-order valence-corrected chi connectivity index (χ4v) is 5.34. The lowest BCUT2D eigenvalue weighted by Crippen LogP contribution is -2.55. The van der Waals surface area contributed by atoms with Crippen LogP contribution in [-0.2, 0) is 4.79 Å². The Morgan fingerprint density at radius 2 is 1.96 bits per heavy atom. The monoisotopic (exact) mass is 410 g/mol. The van der Waals surface area contributed by atoms with E-state index in [1.165, 1.54) is 0 Å². The molecule has 0 N–H and O–H groups in total. The summed E-state index contributed by atoms with van der Waals surface area (Å²) >= 11 is 7.81. The zero-order valence-corrected chi connectivity index (χ0v) is 17.7. The molecular formula is C20H27ClN2O3S. The molecule has 2 aliphatic rings. The van der Waals surface area contributed by atoms with Gasteiger partial charge in [-0.05, 0) is 44.9 Å². The third-order valence-corrected chi connectivity index (χ3v) is 7.71. The zero-order chi connectivity index (χ0) is 19.7. The number of alkyl halides is 1. The lowest BCUT2D eigenvalue weighted by molar-refractivity contribution is -0.140. The van der Waals surface area contributed by atoms with Crippen molar-refractivity contribution in [1.29, 1.82) is 0 Å². The molecule has 0 radical (unpaired) electrons. The van der Waals surface area contributed by atoms with E-state index in [1.54, 1.807) is 13.2 Å². The van der Waals surface area contributed by atoms with Gasteiger partial charge < -0.3 is 14.5 Å². The first kappa shape index (κ1) is 20.3. The molecule has 2 amide bonds. The molecule has 1 spiro atoms. The molecule has 0 bridgehead atoms. The van der Waals surface area contributed by atoms with Gasteiger partial charge in [0.2, 0.25) is 5.91 Å². The summed E-state index contributed by atoms with van der Waals surface area (Å²) in [6.45, 7) is 5.83. The summed E-state index contributed by atoms with van der Waals surface area (Å²) in [5, 5.41) is 0. The van der Waals surface area contributed by atoms with Crippen LogP contribution in [0.2, 0.25) is 0 Å². The second-order valence-electron chi connectivity index (χ2n) is 7.79. The van der Waals surface area contributed by atoms with Gasteiger partial charge in [-0.2, -0.15) is 0 Å². The Labute approximate surface area is 170 Å². The highest BCUT2D eigenvalue weighted by Crippen LogP contribution is 2.45. The molecule has 2 saturated heterocycles. The number of halogens is 1. The van der Waals surface area contributed by atoms with Crippen molar-refractivity contribution < 1.29 is 14.3 Å². The van der Waals surface area contributed by atoms with Crippen molar-refractivity contribution in [2.45, 2.75) is 31.6 Å². The van der Waals surface area contributed by atoms with Crippen molar-refractivity contribution in [3.05, 3.63) is 29.8 Å². The van der Waals surface area contributed by atoms with Crippen molar-refractivity contribution in [1.82, 2.24) is 9.80 Å². The predicted octanol–water partition coefficient (Wildman–Crippen LogP) is 3.47. The molecule has 27 heavy (non-hydrogen) atoms. The molecule has 7 heteroatoms. The molecule has 3 rings (SSSR count). The van der Waals surface area contributed by atoms with Crippen LogP contribution < -0.4 is 4.74 Å². The van der Waals surface area contributed by atoms with Gasteiger partial charge >= 0.3 is 0 Å². The van der Waals surface area contributed by atoms with Crippen LogP contribution in [0, 0.1) is 5.41 Å². The highest BCUT2D eigenvalue weighted by Gasteiger charge is 2.48. The first-order valence-electron chi connectivity index (χ1n) is 9.28. The summed E-state index contributed by atoms with van der Waals surface area (Å²) in [5.74, 6) is 2.06. The summed E-state index contributed by atoms with van der Waals surface area (Å²) in [7, 11) is 1.60. The second-order valence-corrected chi connectivity index (χ2v) is 9.52. The van der Waals surface area contributed by atoms with E-state index < -0.39 is 5.41 Å². The van der Waals surface area contributed by atoms with E-state index in [2.05, 4.69) is 0 Å². The van der Waals surface area contributed by atoms with Crippen molar-refractivity contribution in [2.75, 3.05) is 38.4 Å². The van der Waals surface area contributed by atoms with Gasteiger partial charge in [0.25, 0.3) is 5.91 Å². The van der Waals surface area contributed by atoms with E-state index in [1.807, 2.05) is 53.6 Å². The molecule has 0 saturated carbocycles. The topological polar surface area (TPSA) is 49.9 Å². The van der Waals surface area contributed by atoms with E-state index >= 15 is 0 Å². The summed E-state index contributed by atoms with van der Waals surface area (Å²) in [6, 6.07) is 7.31. The largest absolute Gasteiger partial charge is 0.497 e. The number of nitrogens with zero attached hydrogens (tertiary/aromatic N) is 2.